The number of aliphatic hydroxyl groups excluding tert-OH is 1. The number of fused-ring (bicyclic) bond motifs is 3. The third-order valence-corrected chi connectivity index (χ3v) is 12.3. The fourth-order valence-corrected chi connectivity index (χ4v) is 9.67. The second kappa shape index (κ2) is 15.5. The zero-order chi connectivity index (χ0) is 41.0. The lowest BCUT2D eigenvalue weighted by Crippen LogP contribution is -2.57. The first kappa shape index (κ1) is 39.5. The van der Waals surface area contributed by atoms with Crippen molar-refractivity contribution >= 4 is 40.5 Å². The lowest BCUT2D eigenvalue weighted by molar-refractivity contribution is -0.111. The van der Waals surface area contributed by atoms with Gasteiger partial charge in [-0.15, -0.1) is 0 Å². The number of carbonyl (C=O) groups excluding carboxylic acids is 2. The predicted molar refractivity (Wildman–Crippen MR) is 226 cm³/mol. The molecule has 306 valence electrons. The Hall–Kier alpha value is -5.31. The van der Waals surface area contributed by atoms with E-state index in [1.54, 1.807) is 30.4 Å². The van der Waals surface area contributed by atoms with Gasteiger partial charge in [0.1, 0.15) is 11.5 Å². The zero-order valence-corrected chi connectivity index (χ0v) is 34.4. The third kappa shape index (κ3) is 7.44. The van der Waals surface area contributed by atoms with Crippen LogP contribution >= 0.6 is 0 Å². The number of aromatic nitrogens is 4. The van der Waals surface area contributed by atoms with Crippen LogP contribution in [0.1, 0.15) is 74.8 Å². The minimum Gasteiger partial charge on any atom is -0.392 e. The summed E-state index contributed by atoms with van der Waals surface area (Å²) in [6.07, 6.45) is 8.83. The lowest BCUT2D eigenvalue weighted by Gasteiger charge is -2.47. The van der Waals surface area contributed by atoms with Crippen LogP contribution in [0, 0.1) is 5.41 Å². The number of pyridine rings is 1. The number of nitrogens with zero attached hydrogens (tertiary/aromatic N) is 7. The quantitative estimate of drug-likeness (QED) is 0.192. The van der Waals surface area contributed by atoms with E-state index in [1.807, 2.05) is 24.3 Å². The molecule has 3 aromatic heterocycles. The fourth-order valence-electron chi connectivity index (χ4n) is 9.67. The molecule has 4 aromatic rings. The molecule has 2 fully saturated rings. The van der Waals surface area contributed by atoms with Crippen molar-refractivity contribution in [3.8, 4) is 11.3 Å². The molecule has 0 spiro atoms. The Bertz CT molecular complexity index is 2320. The number of hydrogen-bond donors (Lipinski definition) is 3. The van der Waals surface area contributed by atoms with Crippen LogP contribution < -0.4 is 26.0 Å². The van der Waals surface area contributed by atoms with Gasteiger partial charge in [-0.2, -0.15) is 0 Å². The van der Waals surface area contributed by atoms with Crippen molar-refractivity contribution in [1.82, 2.24) is 24.0 Å². The maximum atomic E-state index is 14.0. The second-order valence-corrected chi connectivity index (χ2v) is 17.3. The number of aliphatic hydroxyl groups is 1. The van der Waals surface area contributed by atoms with Crippen molar-refractivity contribution < 1.29 is 19.4 Å². The van der Waals surface area contributed by atoms with Crippen LogP contribution in [0.3, 0.4) is 0 Å². The number of anilines is 5. The van der Waals surface area contributed by atoms with Crippen LogP contribution in [0.4, 0.5) is 28.7 Å². The average molecular weight is 790 g/mol. The van der Waals surface area contributed by atoms with Crippen LogP contribution in [0.2, 0.25) is 0 Å². The first-order valence-electron chi connectivity index (χ1n) is 20.4. The Morgan fingerprint density at radius 3 is 2.55 bits per heavy atom. The average Bonchev–Trinajstić information content (AvgIpc) is 3.68. The molecular formula is C44H55N9O5. The highest BCUT2D eigenvalue weighted by molar-refractivity contribution is 6.06. The molecule has 1 aromatic carbocycles. The molecule has 58 heavy (non-hydrogen) atoms. The van der Waals surface area contributed by atoms with Gasteiger partial charge in [-0.3, -0.25) is 24.2 Å². The van der Waals surface area contributed by atoms with Crippen LogP contribution in [0.15, 0.2) is 60.2 Å². The second-order valence-electron chi connectivity index (χ2n) is 17.3. The molecule has 3 aliphatic heterocycles. The molecule has 0 radical (unpaired) electrons. The Balaban J connectivity index is 1.06. The van der Waals surface area contributed by atoms with Gasteiger partial charge >= 0.3 is 0 Å². The number of nitrogens with one attached hydrogen (secondary N) is 2. The smallest absolute Gasteiger partial charge is 0.293 e. The minimum absolute atomic E-state index is 0.0576. The fraction of sp³-hybridized carbons (Fsp3) is 0.477. The number of benzene rings is 1. The normalized spacial score (nSPS) is 23.1. The van der Waals surface area contributed by atoms with Gasteiger partial charge in [-0.1, -0.05) is 20.4 Å². The van der Waals surface area contributed by atoms with Crippen LogP contribution in [0.5, 0.6) is 0 Å². The van der Waals surface area contributed by atoms with Crippen molar-refractivity contribution in [3.63, 3.8) is 0 Å². The predicted octanol–water partition coefficient (Wildman–Crippen LogP) is 5.26. The maximum absolute atomic E-state index is 14.0. The minimum atomic E-state index is -0.394. The first-order valence-corrected chi connectivity index (χ1v) is 20.4. The van der Waals surface area contributed by atoms with Crippen molar-refractivity contribution in [3.05, 3.63) is 88.2 Å². The van der Waals surface area contributed by atoms with E-state index in [1.165, 1.54) is 21.9 Å². The number of hydrogen-bond acceptors (Lipinski definition) is 10. The number of aryl methyl sites for hydroxylation is 1. The molecule has 1 aliphatic carbocycles. The van der Waals surface area contributed by atoms with E-state index in [9.17, 15) is 19.5 Å². The van der Waals surface area contributed by atoms with Gasteiger partial charge in [0.25, 0.3) is 11.5 Å². The standard InChI is InChI=1S/C44H55N9O5/c1-8-39(55)47-34-20-30(9-10-36(34)51-14-13-50(23-26(51)2)31-17-27(3)58-28(4)18-31)46-40-43(57)49(7)24-35(48-40)32-11-12-45-41(33(32)25-54)53-16-15-52-37(42(53)56)19-29-21-44(5,6)22-38(29)52/h8-12,19-20,24,26-28,31,54H,1,13-18,21-23,25H2,2-7H3,(H,46,48)(H,47,55)/t26-,27-,28+,31+/m0/s1. The monoisotopic (exact) mass is 789 g/mol. The molecule has 2 saturated heterocycles. The summed E-state index contributed by atoms with van der Waals surface area (Å²) in [5.41, 5.74) is 6.33. The summed E-state index contributed by atoms with van der Waals surface area (Å²) >= 11 is 0. The molecule has 0 bridgehead atoms. The van der Waals surface area contributed by atoms with Crippen LogP contribution in [0.25, 0.3) is 11.3 Å². The van der Waals surface area contributed by atoms with Crippen molar-refractivity contribution in [2.24, 2.45) is 12.5 Å². The van der Waals surface area contributed by atoms with E-state index < -0.39 is 6.61 Å². The van der Waals surface area contributed by atoms with Gasteiger partial charge in [-0.25, -0.2) is 9.97 Å². The van der Waals surface area contributed by atoms with E-state index >= 15 is 0 Å². The van der Waals surface area contributed by atoms with Gasteiger partial charge in [0.05, 0.1) is 35.9 Å². The highest BCUT2D eigenvalue weighted by atomic mass is 16.5. The molecular weight excluding hydrogens is 735 g/mol. The maximum Gasteiger partial charge on any atom is 0.293 e. The van der Waals surface area contributed by atoms with Crippen molar-refractivity contribution in [2.45, 2.75) is 97.7 Å². The lowest BCUT2D eigenvalue weighted by atomic mass is 9.90. The number of amides is 2. The summed E-state index contributed by atoms with van der Waals surface area (Å²) in [4.78, 5) is 56.2. The summed E-state index contributed by atoms with van der Waals surface area (Å²) in [6.45, 7) is 17.9. The molecule has 4 aliphatic rings. The molecule has 6 heterocycles. The van der Waals surface area contributed by atoms with Crippen molar-refractivity contribution in [1.29, 1.82) is 0 Å². The first-order chi connectivity index (χ1) is 27.7. The van der Waals surface area contributed by atoms with Gasteiger partial charge in [0.2, 0.25) is 5.91 Å². The largest absolute Gasteiger partial charge is 0.392 e. The number of piperazine rings is 1. The summed E-state index contributed by atoms with van der Waals surface area (Å²) in [5.74, 6) is -0.0731. The number of carbonyl (C=O) groups is 2. The Morgan fingerprint density at radius 2 is 1.83 bits per heavy atom. The topological polar surface area (TPSA) is 150 Å². The molecule has 4 atom stereocenters. The van der Waals surface area contributed by atoms with Gasteiger partial charge in [0, 0.05) is 86.8 Å². The third-order valence-electron chi connectivity index (χ3n) is 12.3. The van der Waals surface area contributed by atoms with E-state index in [0.717, 1.165) is 51.0 Å². The SMILES string of the molecule is C=CC(=O)Nc1cc(Nc2nc(-c3ccnc(N4CCn5c(cc6c5CC(C)(C)C6)C4=O)c3CO)cn(C)c2=O)ccc1N1CCN([C@H]2C[C@@H](C)O[C@@H](C)C2)C[C@@H]1C. The summed E-state index contributed by atoms with van der Waals surface area (Å²) in [7, 11) is 1.64. The molecule has 2 amide bonds. The highest BCUT2D eigenvalue weighted by Gasteiger charge is 2.38. The number of ether oxygens (including phenoxy) is 1. The molecule has 3 N–H and O–H groups in total. The summed E-state index contributed by atoms with van der Waals surface area (Å²) < 4.78 is 9.59. The molecule has 14 nitrogen and oxygen atoms in total. The van der Waals surface area contributed by atoms with E-state index in [0.29, 0.717) is 58.8 Å². The molecule has 8 rings (SSSR count). The zero-order valence-electron chi connectivity index (χ0n) is 34.4. The molecule has 0 saturated carbocycles. The summed E-state index contributed by atoms with van der Waals surface area (Å²) in [5, 5.41) is 17.0. The van der Waals surface area contributed by atoms with E-state index in [4.69, 9.17) is 9.72 Å². The van der Waals surface area contributed by atoms with Crippen LogP contribution in [-0.4, -0.2) is 91.4 Å². The Kier molecular flexibility index (Phi) is 10.5. The number of rotatable bonds is 9. The summed E-state index contributed by atoms with van der Waals surface area (Å²) in [6, 6.07) is 10.1. The molecule has 0 unspecified atom stereocenters. The van der Waals surface area contributed by atoms with Gasteiger partial charge in [-0.05, 0) is 93.8 Å². The molecule has 14 heteroatoms. The van der Waals surface area contributed by atoms with Gasteiger partial charge in [0.15, 0.2) is 5.82 Å². The van der Waals surface area contributed by atoms with Crippen LogP contribution in [-0.2, 0) is 42.6 Å². The highest BCUT2D eigenvalue weighted by Crippen LogP contribution is 2.40. The van der Waals surface area contributed by atoms with Gasteiger partial charge < -0.3 is 34.5 Å². The Labute approximate surface area is 339 Å². The van der Waals surface area contributed by atoms with Crippen molar-refractivity contribution in [2.75, 3.05) is 46.6 Å². The van der Waals surface area contributed by atoms with E-state index in [-0.39, 0.29) is 46.9 Å². The van der Waals surface area contributed by atoms with E-state index in [2.05, 4.69) is 71.2 Å². The Morgan fingerprint density at radius 1 is 1.05 bits per heavy atom.